The van der Waals surface area contributed by atoms with Gasteiger partial charge in [0.05, 0.1) is 69.3 Å². The summed E-state index contributed by atoms with van der Waals surface area (Å²) in [6, 6.07) is 26.3. The van der Waals surface area contributed by atoms with Crippen LogP contribution in [-0.4, -0.2) is 121 Å². The number of aromatic nitrogens is 17. The molecule has 674 valence electrons. The second-order valence-electron chi connectivity index (χ2n) is 36.5. The van der Waals surface area contributed by atoms with Crippen LogP contribution in [0.3, 0.4) is 0 Å². The lowest BCUT2D eigenvalue weighted by Gasteiger charge is -2.27. The molecule has 13 aromatic heterocycles. The molecule has 16 aromatic rings. The molecule has 1 aliphatic heterocycles. The third-order valence-electron chi connectivity index (χ3n) is 22.3. The van der Waals surface area contributed by atoms with Crippen LogP contribution in [0.25, 0.3) is 88.6 Å². The highest BCUT2D eigenvalue weighted by molar-refractivity contribution is 6.07. The molecule has 0 radical (unpaired) electrons. The number of urea groups is 4. The number of benzene rings is 3. The molecule has 3 aliphatic carbocycles. The summed E-state index contributed by atoms with van der Waals surface area (Å²) in [5.41, 5.74) is 36.2. The maximum absolute atomic E-state index is 14.9. The van der Waals surface area contributed by atoms with Gasteiger partial charge in [0.1, 0.15) is 94.4 Å². The minimum Gasteiger partial charge on any atom is -0.383 e. The molecule has 3 aromatic carbocycles. The van der Waals surface area contributed by atoms with Gasteiger partial charge in [0.25, 0.3) is 0 Å². The molecule has 8 amide bonds. The summed E-state index contributed by atoms with van der Waals surface area (Å²) >= 11 is 0. The minimum atomic E-state index is -0.638. The number of fused-ring (bicyclic) bond motifs is 4. The van der Waals surface area contributed by atoms with Gasteiger partial charge in [0, 0.05) is 129 Å². The average Bonchev–Trinajstić information content (AvgIpc) is 1.61. The summed E-state index contributed by atoms with van der Waals surface area (Å²) in [5, 5.41) is 39.7. The van der Waals surface area contributed by atoms with E-state index in [2.05, 4.69) is 132 Å². The van der Waals surface area contributed by atoms with Crippen LogP contribution in [0.15, 0.2) is 171 Å². The Bertz CT molecular complexity index is 6790. The Balaban J connectivity index is 0.000000122. The molecule has 4 fully saturated rings. The first-order chi connectivity index (χ1) is 62.5. The number of nitrogens with zero attached hydrogens (tertiary/aromatic N) is 17. The summed E-state index contributed by atoms with van der Waals surface area (Å²) < 4.78 is 64.4. The number of hydrogen-bond donors (Lipinski definition) is 12. The molecule has 0 atom stereocenters. The lowest BCUT2D eigenvalue weighted by Crippen LogP contribution is -2.30. The second-order valence-corrected chi connectivity index (χ2v) is 36.5. The third-order valence-corrected chi connectivity index (χ3v) is 22.3. The van der Waals surface area contributed by atoms with Crippen molar-refractivity contribution in [2.45, 2.75) is 167 Å². The van der Waals surface area contributed by atoms with Gasteiger partial charge < -0.3 is 80.0 Å². The van der Waals surface area contributed by atoms with Gasteiger partial charge in [-0.2, -0.15) is 0 Å². The van der Waals surface area contributed by atoms with Crippen molar-refractivity contribution >= 4 is 138 Å². The van der Waals surface area contributed by atoms with Crippen molar-refractivity contribution in [2.24, 2.45) is 0 Å². The average molecular weight is 1780 g/mol. The fourth-order valence-electron chi connectivity index (χ4n) is 14.6. The molecule has 1 saturated heterocycles. The fraction of sp³-hybridized carbons (Fsp3) is 0.308. The van der Waals surface area contributed by atoms with Crippen molar-refractivity contribution in [3.63, 3.8) is 0 Å². The van der Waals surface area contributed by atoms with E-state index in [0.29, 0.717) is 99.5 Å². The molecule has 4 aliphatic rings. The summed E-state index contributed by atoms with van der Waals surface area (Å²) in [5.74, 6) is 2.40. The van der Waals surface area contributed by atoms with E-state index in [9.17, 15) is 28.0 Å². The first-order valence-corrected chi connectivity index (χ1v) is 42.4. The zero-order valence-electron chi connectivity index (χ0n) is 73.7. The summed E-state index contributed by atoms with van der Waals surface area (Å²) in [4.78, 5) is 87.9. The first-order valence-electron chi connectivity index (χ1n) is 42.4. The lowest BCUT2D eigenvalue weighted by molar-refractivity contribution is -0.0215. The normalized spacial score (nSPS) is 14.0. The van der Waals surface area contributed by atoms with E-state index in [1.807, 2.05) is 132 Å². The number of amides is 8. The number of nitrogens with two attached hydrogens (primary N) is 4. The molecule has 131 heavy (non-hydrogen) atoms. The van der Waals surface area contributed by atoms with E-state index in [1.54, 1.807) is 48.7 Å². The smallest absolute Gasteiger partial charge is 0.327 e. The van der Waals surface area contributed by atoms with Crippen LogP contribution in [0.4, 0.5) is 97.6 Å². The van der Waals surface area contributed by atoms with E-state index in [-0.39, 0.29) is 62.5 Å². The summed E-state index contributed by atoms with van der Waals surface area (Å²) in [7, 11) is 0. The molecule has 0 bridgehead atoms. The largest absolute Gasteiger partial charge is 0.383 e. The standard InChI is InChI=1S/2C23H24FN7O2.C23H25N7O3.C22H24N8O2/c1-23(2,3)17-9-18(30-33-17)29-22(32)28-16-7-4-12(8-15(16)24)14-10-31(13-5-6-13)21-19(14)20(25)26-11-27-21;1-23(2,3)17-9-18(33-30-17)29-22(32)28-16-7-4-12(8-15(16)24)14-10-31(13-5-6-13)21-19(14)20(25)26-11-27-21;1-23(2,3)17-8-18(33-29-17)28-22(31)27-14-6-4-13(5-7-14)16-9-30(15-10-32-11-15)21-19(16)20(24)25-12-26-21;1-22(2,3)15-8-17(32-29-15)28-21(31)27-16-7-4-12(9-24-16)14-10-30(13-5-6-13)20-18(14)19(23)25-11-26-20/h4,7-11,13H,5-6H2,1-3H3,(H2,25,26,27)(H2,28,29,30,32);4,7-11,13H,5-6H2,1-3H3,(H2,25,26,27)(H2,28,29,32);4-9,12,15H,10-11H2,1-3H3,(H2,24,25,26)(H2,27,28,31);4,7-11,13H,5-6H2,1-3H3,(H2,23,25,26)(H2,24,27,28,31). The number of carbonyl (C=O) groups excluding carboxylic acids is 4. The Morgan fingerprint density at radius 3 is 1.03 bits per heavy atom. The molecular weight excluding hydrogens is 1680 g/mol. The van der Waals surface area contributed by atoms with Crippen LogP contribution >= 0.6 is 0 Å². The minimum absolute atomic E-state index is 0.0296. The Labute approximate surface area is 747 Å². The van der Waals surface area contributed by atoms with E-state index >= 15 is 0 Å². The maximum atomic E-state index is 14.9. The van der Waals surface area contributed by atoms with Gasteiger partial charge in [-0.3, -0.25) is 26.6 Å². The zero-order chi connectivity index (χ0) is 92.3. The molecule has 3 saturated carbocycles. The predicted molar refractivity (Wildman–Crippen MR) is 493 cm³/mol. The Hall–Kier alpha value is -15.8. The number of nitrogens with one attached hydrogen (secondary N) is 8. The van der Waals surface area contributed by atoms with Crippen molar-refractivity contribution in [2.75, 3.05) is 78.7 Å². The van der Waals surface area contributed by atoms with Crippen molar-refractivity contribution < 1.29 is 50.8 Å². The molecule has 38 nitrogen and oxygen atoms in total. The predicted octanol–water partition coefficient (Wildman–Crippen LogP) is 18.7. The first kappa shape index (κ1) is 87.3. The Morgan fingerprint density at radius 1 is 0.351 bits per heavy atom. The number of carbonyl (C=O) groups is 4. The van der Waals surface area contributed by atoms with Crippen LogP contribution in [0, 0.1) is 11.6 Å². The highest BCUT2D eigenvalue weighted by atomic mass is 19.1. The molecule has 0 unspecified atom stereocenters. The quantitative estimate of drug-likeness (QED) is 0.0427. The SMILES string of the molecule is CC(C)(C)c1cc(NC(=O)Nc2ccc(-c3cn(C4CC4)c4ncnc(N)c34)cc2F)no1.CC(C)(C)c1cc(NC(=O)Nc2ccc(-c3cn(C4CC4)c4ncnc(N)c34)cc2F)on1.CC(C)(C)c1cc(NC(=O)Nc2ccc(-c3cn(C4CC4)c4ncnc(N)c34)cn2)on1.CC(C)(C)c1cc(NC(=O)Nc2ccc(-c3cn(C4COC4)c4ncnc(N)c34)cc2)on1. The van der Waals surface area contributed by atoms with Crippen molar-refractivity contribution in [1.82, 2.24) is 83.8 Å². The lowest BCUT2D eigenvalue weighted by atomic mass is 9.92. The van der Waals surface area contributed by atoms with Crippen LogP contribution in [-0.2, 0) is 26.4 Å². The number of nitrogen functional groups attached to an aromatic ring is 4. The number of ether oxygens (including phenoxy) is 1. The highest BCUT2D eigenvalue weighted by Gasteiger charge is 2.34. The topological polar surface area (TPSA) is 518 Å². The second kappa shape index (κ2) is 34.8. The van der Waals surface area contributed by atoms with Gasteiger partial charge in [-0.25, -0.2) is 72.8 Å². The van der Waals surface area contributed by atoms with Gasteiger partial charge in [0.2, 0.25) is 17.7 Å². The van der Waals surface area contributed by atoms with Gasteiger partial charge in [-0.1, -0.05) is 128 Å². The number of pyridine rings is 1. The third kappa shape index (κ3) is 19.3. The van der Waals surface area contributed by atoms with E-state index in [0.717, 1.165) is 117 Å². The van der Waals surface area contributed by atoms with E-state index in [1.165, 1.54) is 49.6 Å². The Kier molecular flexibility index (Phi) is 23.2. The van der Waals surface area contributed by atoms with Gasteiger partial charge in [-0.15, -0.1) is 0 Å². The molecule has 0 spiro atoms. The van der Waals surface area contributed by atoms with Crippen molar-refractivity contribution in [3.05, 3.63) is 188 Å². The zero-order valence-corrected chi connectivity index (χ0v) is 73.7. The van der Waals surface area contributed by atoms with Crippen LogP contribution in [0.1, 0.15) is 169 Å². The monoisotopic (exact) mass is 1780 g/mol. The van der Waals surface area contributed by atoms with Gasteiger partial charge in [-0.05, 0) is 104 Å². The maximum Gasteiger partial charge on any atom is 0.327 e. The number of anilines is 12. The van der Waals surface area contributed by atoms with Crippen molar-refractivity contribution in [3.8, 4) is 44.5 Å². The van der Waals surface area contributed by atoms with Gasteiger partial charge >= 0.3 is 24.1 Å². The fourth-order valence-corrected chi connectivity index (χ4v) is 14.6. The molecule has 20 rings (SSSR count). The number of halogens is 2. The summed E-state index contributed by atoms with van der Waals surface area (Å²) in [6.45, 7) is 25.2. The number of rotatable bonds is 16. The van der Waals surface area contributed by atoms with Crippen LogP contribution < -0.4 is 65.5 Å². The molecule has 16 N–H and O–H groups in total. The van der Waals surface area contributed by atoms with Gasteiger partial charge in [0.15, 0.2) is 5.82 Å². The number of hydrogen-bond acceptors (Lipinski definition) is 26. The van der Waals surface area contributed by atoms with E-state index < -0.39 is 35.8 Å². The highest BCUT2D eigenvalue weighted by Crippen LogP contribution is 2.47. The summed E-state index contributed by atoms with van der Waals surface area (Å²) in [6.07, 6.45) is 22.1. The van der Waals surface area contributed by atoms with Crippen molar-refractivity contribution in [1.29, 1.82) is 0 Å². The van der Waals surface area contributed by atoms with Crippen LogP contribution in [0.2, 0.25) is 0 Å². The van der Waals surface area contributed by atoms with E-state index in [4.69, 9.17) is 45.8 Å². The molecule has 14 heterocycles. The molecule has 40 heteroatoms. The van der Waals surface area contributed by atoms with Crippen LogP contribution in [0.5, 0.6) is 0 Å². The molecular formula is C91H97F2N29O9. The Morgan fingerprint density at radius 2 is 0.695 bits per heavy atom.